The zero-order chi connectivity index (χ0) is 12.8. The van der Waals surface area contributed by atoms with E-state index in [2.05, 4.69) is 4.99 Å². The predicted molar refractivity (Wildman–Crippen MR) is 76.7 cm³/mol. The monoisotopic (exact) mass is 257 g/mol. The molecule has 0 saturated heterocycles. The Labute approximate surface area is 111 Å². The van der Waals surface area contributed by atoms with Crippen molar-refractivity contribution in [2.45, 2.75) is 0 Å². The van der Waals surface area contributed by atoms with Crippen LogP contribution in [0.25, 0.3) is 6.08 Å². The van der Waals surface area contributed by atoms with E-state index in [1.54, 1.807) is 24.4 Å². The minimum absolute atomic E-state index is 0.175. The third-order valence-electron chi connectivity index (χ3n) is 2.34. The highest BCUT2D eigenvalue weighted by molar-refractivity contribution is 6.30. The summed E-state index contributed by atoms with van der Waals surface area (Å²) in [5.74, 6) is 0.175. The summed E-state index contributed by atoms with van der Waals surface area (Å²) in [7, 11) is 0. The molecule has 3 heteroatoms. The highest BCUT2D eigenvalue weighted by atomic mass is 35.5. The van der Waals surface area contributed by atoms with Gasteiger partial charge in [-0.05, 0) is 35.9 Å². The Morgan fingerprint density at radius 1 is 1.00 bits per heavy atom. The van der Waals surface area contributed by atoms with E-state index < -0.39 is 0 Å². The van der Waals surface area contributed by atoms with Crippen LogP contribution < -0.4 is 0 Å². The lowest BCUT2D eigenvalue weighted by Crippen LogP contribution is -1.72. The van der Waals surface area contributed by atoms with E-state index in [0.717, 1.165) is 10.6 Å². The molecule has 0 aromatic heterocycles. The molecule has 0 fully saturated rings. The molecule has 2 aromatic rings. The van der Waals surface area contributed by atoms with Crippen LogP contribution in [-0.4, -0.2) is 11.3 Å². The lowest BCUT2D eigenvalue weighted by Gasteiger charge is -1.95. The molecule has 2 aromatic carbocycles. The normalized spacial score (nSPS) is 11.4. The second-order valence-corrected chi connectivity index (χ2v) is 4.11. The summed E-state index contributed by atoms with van der Waals surface area (Å²) in [6, 6.07) is 14.5. The van der Waals surface area contributed by atoms with Gasteiger partial charge in [-0.15, -0.1) is 0 Å². The summed E-state index contributed by atoms with van der Waals surface area (Å²) in [4.78, 5) is 4.15. The van der Waals surface area contributed by atoms with Crippen LogP contribution in [0, 0.1) is 0 Å². The molecule has 0 aliphatic heterocycles. The van der Waals surface area contributed by atoms with Crippen LogP contribution in [0.5, 0.6) is 5.75 Å². The van der Waals surface area contributed by atoms with Crippen LogP contribution in [0.4, 0.5) is 5.69 Å². The van der Waals surface area contributed by atoms with Crippen LogP contribution in [0.3, 0.4) is 0 Å². The summed E-state index contributed by atoms with van der Waals surface area (Å²) in [6.45, 7) is 0. The van der Waals surface area contributed by atoms with Gasteiger partial charge in [-0.25, -0.2) is 0 Å². The van der Waals surface area contributed by atoms with Gasteiger partial charge < -0.3 is 5.11 Å². The molecule has 2 nitrogen and oxygen atoms in total. The molecule has 0 aliphatic rings. The predicted octanol–water partition coefficient (Wildman–Crippen LogP) is 4.46. The minimum Gasteiger partial charge on any atom is -0.506 e. The fourth-order valence-corrected chi connectivity index (χ4v) is 1.55. The molecule has 0 atom stereocenters. The molecular formula is C15H12ClNO. The van der Waals surface area contributed by atoms with Gasteiger partial charge in [-0.1, -0.05) is 41.9 Å². The molecule has 90 valence electrons. The molecule has 0 amide bonds. The van der Waals surface area contributed by atoms with Gasteiger partial charge in [-0.3, -0.25) is 4.99 Å². The Bertz CT molecular complexity index is 573. The Kier molecular flexibility index (Phi) is 4.15. The number of aliphatic imine (C=N–C) groups is 1. The molecule has 0 spiro atoms. The van der Waals surface area contributed by atoms with Crippen molar-refractivity contribution in [3.63, 3.8) is 0 Å². The molecule has 0 saturated carbocycles. The van der Waals surface area contributed by atoms with Crippen molar-refractivity contribution in [2.75, 3.05) is 0 Å². The zero-order valence-electron chi connectivity index (χ0n) is 9.62. The summed E-state index contributed by atoms with van der Waals surface area (Å²) < 4.78 is 0. The van der Waals surface area contributed by atoms with Gasteiger partial charge in [0.05, 0.1) is 0 Å². The van der Waals surface area contributed by atoms with E-state index >= 15 is 0 Å². The molecule has 0 bridgehead atoms. The number of phenols is 1. The summed E-state index contributed by atoms with van der Waals surface area (Å²) in [5.41, 5.74) is 1.60. The smallest absolute Gasteiger partial charge is 0.141 e. The maximum atomic E-state index is 9.50. The fraction of sp³-hybridized carbons (Fsp3) is 0. The number of para-hydroxylation sites is 2. The first kappa shape index (κ1) is 12.4. The van der Waals surface area contributed by atoms with E-state index in [4.69, 9.17) is 11.6 Å². The Balaban J connectivity index is 2.03. The standard InChI is InChI=1S/C15H12ClNO/c16-13-9-7-12(8-10-13)4-3-11-17-14-5-1-2-6-15(14)18/h1-11,18H/b4-3+,17-11?. The van der Waals surface area contributed by atoms with Crippen LogP contribution in [-0.2, 0) is 0 Å². The van der Waals surface area contributed by atoms with Crippen molar-refractivity contribution in [2.24, 2.45) is 4.99 Å². The SMILES string of the molecule is Oc1ccccc1N=C/C=C/c1ccc(Cl)cc1. The Hall–Kier alpha value is -2.06. The van der Waals surface area contributed by atoms with Crippen LogP contribution >= 0.6 is 11.6 Å². The average molecular weight is 258 g/mol. The fourth-order valence-electron chi connectivity index (χ4n) is 1.42. The van der Waals surface area contributed by atoms with Gasteiger partial charge in [0.25, 0.3) is 0 Å². The third-order valence-corrected chi connectivity index (χ3v) is 2.59. The number of hydrogen-bond acceptors (Lipinski definition) is 2. The maximum absolute atomic E-state index is 9.50. The van der Waals surface area contributed by atoms with Gasteiger partial charge >= 0.3 is 0 Å². The molecular weight excluding hydrogens is 246 g/mol. The molecule has 0 aliphatic carbocycles. The van der Waals surface area contributed by atoms with E-state index in [1.807, 2.05) is 42.5 Å². The number of aromatic hydroxyl groups is 1. The second kappa shape index (κ2) is 6.03. The average Bonchev–Trinajstić information content (AvgIpc) is 2.39. The summed E-state index contributed by atoms with van der Waals surface area (Å²) in [6.07, 6.45) is 5.37. The lowest BCUT2D eigenvalue weighted by atomic mass is 10.2. The van der Waals surface area contributed by atoms with Gasteiger partial charge in [0.15, 0.2) is 0 Å². The largest absolute Gasteiger partial charge is 0.506 e. The highest BCUT2D eigenvalue weighted by Gasteiger charge is 1.93. The van der Waals surface area contributed by atoms with E-state index in [1.165, 1.54) is 0 Å². The first-order valence-corrected chi connectivity index (χ1v) is 5.88. The molecule has 0 radical (unpaired) electrons. The minimum atomic E-state index is 0.175. The Morgan fingerprint density at radius 2 is 1.72 bits per heavy atom. The summed E-state index contributed by atoms with van der Waals surface area (Å²) in [5, 5.41) is 10.2. The highest BCUT2D eigenvalue weighted by Crippen LogP contribution is 2.24. The first-order chi connectivity index (χ1) is 8.75. The summed E-state index contributed by atoms with van der Waals surface area (Å²) >= 11 is 5.79. The van der Waals surface area contributed by atoms with E-state index in [0.29, 0.717) is 5.69 Å². The van der Waals surface area contributed by atoms with E-state index in [9.17, 15) is 5.11 Å². The second-order valence-electron chi connectivity index (χ2n) is 3.68. The van der Waals surface area contributed by atoms with Gasteiger partial charge in [0.1, 0.15) is 11.4 Å². The lowest BCUT2D eigenvalue weighted by molar-refractivity contribution is 0.477. The number of halogens is 1. The van der Waals surface area contributed by atoms with Crippen LogP contribution in [0.15, 0.2) is 59.6 Å². The van der Waals surface area contributed by atoms with Crippen molar-refractivity contribution in [3.05, 3.63) is 65.2 Å². The number of allylic oxidation sites excluding steroid dienone is 1. The number of benzene rings is 2. The number of nitrogens with zero attached hydrogens (tertiary/aromatic N) is 1. The van der Waals surface area contributed by atoms with E-state index in [-0.39, 0.29) is 5.75 Å². The molecule has 1 N–H and O–H groups in total. The molecule has 18 heavy (non-hydrogen) atoms. The number of phenolic OH excluding ortho intramolecular Hbond substituents is 1. The number of hydrogen-bond donors (Lipinski definition) is 1. The van der Waals surface area contributed by atoms with Crippen molar-refractivity contribution >= 4 is 29.6 Å². The molecule has 0 heterocycles. The first-order valence-electron chi connectivity index (χ1n) is 5.50. The zero-order valence-corrected chi connectivity index (χ0v) is 10.4. The van der Waals surface area contributed by atoms with Crippen LogP contribution in [0.1, 0.15) is 5.56 Å². The Morgan fingerprint density at radius 3 is 2.44 bits per heavy atom. The van der Waals surface area contributed by atoms with Gasteiger partial charge in [0.2, 0.25) is 0 Å². The molecule has 0 unspecified atom stereocenters. The van der Waals surface area contributed by atoms with Crippen molar-refractivity contribution < 1.29 is 5.11 Å². The third kappa shape index (κ3) is 3.47. The number of rotatable bonds is 3. The van der Waals surface area contributed by atoms with Crippen molar-refractivity contribution in [1.29, 1.82) is 0 Å². The van der Waals surface area contributed by atoms with Gasteiger partial charge in [0, 0.05) is 11.2 Å². The quantitative estimate of drug-likeness (QED) is 0.809. The molecule has 2 rings (SSSR count). The van der Waals surface area contributed by atoms with Crippen molar-refractivity contribution in [1.82, 2.24) is 0 Å². The van der Waals surface area contributed by atoms with Crippen molar-refractivity contribution in [3.8, 4) is 5.75 Å². The van der Waals surface area contributed by atoms with Crippen LogP contribution in [0.2, 0.25) is 5.02 Å². The maximum Gasteiger partial charge on any atom is 0.141 e. The van der Waals surface area contributed by atoms with Gasteiger partial charge in [-0.2, -0.15) is 0 Å². The topological polar surface area (TPSA) is 32.6 Å².